The Kier molecular flexibility index (Phi) is 6.84. The molecule has 3 aromatic rings. The van der Waals surface area contributed by atoms with Crippen LogP contribution in [0.5, 0.6) is 5.75 Å². The Hall–Kier alpha value is -3.61. The molecular weight excluding hydrogens is 406 g/mol. The maximum atomic E-state index is 13.0. The van der Waals surface area contributed by atoms with Crippen molar-refractivity contribution in [3.05, 3.63) is 83.2 Å². The van der Waals surface area contributed by atoms with Crippen LogP contribution in [0, 0.1) is 0 Å². The van der Waals surface area contributed by atoms with Crippen molar-refractivity contribution >= 4 is 11.9 Å². The number of nitrogens with zero attached hydrogens (tertiary/aromatic N) is 2. The van der Waals surface area contributed by atoms with Gasteiger partial charge in [0.2, 0.25) is 5.91 Å². The summed E-state index contributed by atoms with van der Waals surface area (Å²) >= 11 is 0. The summed E-state index contributed by atoms with van der Waals surface area (Å²) in [6, 6.07) is 19.5. The first-order chi connectivity index (χ1) is 15.6. The van der Waals surface area contributed by atoms with Crippen molar-refractivity contribution in [3.8, 4) is 5.75 Å². The van der Waals surface area contributed by atoms with Crippen molar-refractivity contribution in [1.82, 2.24) is 15.1 Å². The van der Waals surface area contributed by atoms with E-state index in [2.05, 4.69) is 10.2 Å². The van der Waals surface area contributed by atoms with E-state index in [1.165, 1.54) is 0 Å². The van der Waals surface area contributed by atoms with Crippen LogP contribution in [0.25, 0.3) is 0 Å². The molecule has 1 aliphatic rings. The number of aromatic nitrogens is 2. The number of aryl methyl sites for hydroxylation is 1. The highest BCUT2D eigenvalue weighted by molar-refractivity contribution is 5.79. The van der Waals surface area contributed by atoms with Gasteiger partial charge in [0.15, 0.2) is 0 Å². The smallest absolute Gasteiger partial charge is 0.303 e. The monoisotopic (exact) mass is 433 g/mol. The number of ether oxygens (including phenoxy) is 1. The van der Waals surface area contributed by atoms with Crippen molar-refractivity contribution in [2.45, 2.75) is 44.8 Å². The van der Waals surface area contributed by atoms with Crippen molar-refractivity contribution in [3.63, 3.8) is 0 Å². The van der Waals surface area contributed by atoms with E-state index in [0.29, 0.717) is 26.0 Å². The Morgan fingerprint density at radius 1 is 1.09 bits per heavy atom. The zero-order chi connectivity index (χ0) is 22.3. The molecule has 1 unspecified atom stereocenters. The quantitative estimate of drug-likeness (QED) is 0.533. The third-order valence-corrected chi connectivity index (χ3v) is 5.70. The van der Waals surface area contributed by atoms with Crippen LogP contribution in [0.2, 0.25) is 0 Å². The van der Waals surface area contributed by atoms with Gasteiger partial charge in [0.25, 0.3) is 0 Å². The van der Waals surface area contributed by atoms with Crippen LogP contribution < -0.4 is 4.74 Å². The Morgan fingerprint density at radius 3 is 2.62 bits per heavy atom. The molecule has 2 aromatic carbocycles. The fourth-order valence-electron chi connectivity index (χ4n) is 4.01. The molecule has 0 spiro atoms. The summed E-state index contributed by atoms with van der Waals surface area (Å²) in [5.41, 5.74) is 3.64. The fourth-order valence-corrected chi connectivity index (χ4v) is 4.01. The number of carbonyl (C=O) groups excluding carboxylic acids is 1. The molecule has 2 N–H and O–H groups in total. The van der Waals surface area contributed by atoms with Gasteiger partial charge in [0.05, 0.1) is 24.6 Å². The highest BCUT2D eigenvalue weighted by Crippen LogP contribution is 2.32. The molecule has 0 aliphatic carbocycles. The van der Waals surface area contributed by atoms with E-state index in [1.807, 2.05) is 65.6 Å². The summed E-state index contributed by atoms with van der Waals surface area (Å²) < 4.78 is 5.82. The predicted octanol–water partition coefficient (Wildman–Crippen LogP) is 3.91. The zero-order valence-corrected chi connectivity index (χ0v) is 17.9. The minimum absolute atomic E-state index is 0.0556. The third kappa shape index (κ3) is 5.55. The summed E-state index contributed by atoms with van der Waals surface area (Å²) in [4.78, 5) is 25.7. The van der Waals surface area contributed by atoms with Crippen molar-refractivity contribution in [2.24, 2.45) is 0 Å². The highest BCUT2D eigenvalue weighted by atomic mass is 16.5. The highest BCUT2D eigenvalue weighted by Gasteiger charge is 2.31. The number of aromatic amines is 1. The summed E-state index contributed by atoms with van der Waals surface area (Å²) in [7, 11) is 0. The molecule has 0 saturated carbocycles. The molecule has 32 heavy (non-hydrogen) atoms. The molecular formula is C25H27N3O4. The van der Waals surface area contributed by atoms with Gasteiger partial charge in [-0.3, -0.25) is 14.7 Å². The number of H-pyrrole nitrogens is 1. The number of hydrogen-bond donors (Lipinski definition) is 2. The maximum Gasteiger partial charge on any atom is 0.303 e. The minimum Gasteiger partial charge on any atom is -0.489 e. The molecule has 1 aromatic heterocycles. The normalized spacial score (nSPS) is 15.6. The van der Waals surface area contributed by atoms with Crippen molar-refractivity contribution < 1.29 is 19.4 Å². The zero-order valence-electron chi connectivity index (χ0n) is 17.9. The summed E-state index contributed by atoms with van der Waals surface area (Å²) in [6.07, 6.45) is 2.58. The number of rotatable bonds is 9. The van der Waals surface area contributed by atoms with Crippen LogP contribution in [0.4, 0.5) is 0 Å². The van der Waals surface area contributed by atoms with Gasteiger partial charge in [-0.15, -0.1) is 0 Å². The summed E-state index contributed by atoms with van der Waals surface area (Å²) in [5.74, 6) is 0.00496. The van der Waals surface area contributed by atoms with Gasteiger partial charge in [-0.05, 0) is 48.6 Å². The lowest BCUT2D eigenvalue weighted by atomic mass is 10.1. The maximum absolute atomic E-state index is 13.0. The first kappa shape index (κ1) is 21.6. The van der Waals surface area contributed by atoms with Crippen molar-refractivity contribution in [1.29, 1.82) is 0 Å². The molecule has 2 heterocycles. The average molecular weight is 434 g/mol. The lowest BCUT2D eigenvalue weighted by Crippen LogP contribution is -2.32. The summed E-state index contributed by atoms with van der Waals surface area (Å²) in [6.45, 7) is 1.21. The third-order valence-electron chi connectivity index (χ3n) is 5.70. The number of nitrogens with one attached hydrogen (secondary N) is 1. The van der Waals surface area contributed by atoms with Crippen LogP contribution in [-0.2, 0) is 29.0 Å². The number of aliphatic carboxylic acids is 1. The molecule has 1 aliphatic heterocycles. The lowest BCUT2D eigenvalue weighted by molar-refractivity contribution is -0.137. The van der Waals surface area contributed by atoms with E-state index >= 15 is 0 Å². The number of hydrogen-bond acceptors (Lipinski definition) is 4. The molecule has 166 valence electrons. The Balaban J connectivity index is 1.33. The first-order valence-corrected chi connectivity index (χ1v) is 10.9. The molecule has 1 atom stereocenters. The second-order valence-corrected chi connectivity index (χ2v) is 8.05. The topological polar surface area (TPSA) is 95.5 Å². The van der Waals surface area contributed by atoms with Gasteiger partial charge in [-0.1, -0.05) is 42.5 Å². The second-order valence-electron chi connectivity index (χ2n) is 8.05. The molecule has 0 radical (unpaired) electrons. The SMILES string of the molecule is O=C(O)CCc1cc(C2CCCN2C(=O)Cc2ccc(OCc3ccccc3)cc2)n[nH]1. The van der Waals surface area contributed by atoms with E-state index in [1.54, 1.807) is 0 Å². The number of carbonyl (C=O) groups is 2. The number of carboxylic acids is 1. The average Bonchev–Trinajstić information content (AvgIpc) is 3.47. The predicted molar refractivity (Wildman–Crippen MR) is 119 cm³/mol. The number of likely N-dealkylation sites (tertiary alicyclic amines) is 1. The van der Waals surface area contributed by atoms with Crippen molar-refractivity contribution in [2.75, 3.05) is 6.54 Å². The molecule has 1 amide bonds. The van der Waals surface area contributed by atoms with E-state index in [9.17, 15) is 9.59 Å². The standard InChI is InChI=1S/C25H27N3O4/c29-24(15-18-8-11-21(12-9-18)32-17-19-5-2-1-3-6-19)28-14-4-7-23(28)22-16-20(26-27-22)10-13-25(30)31/h1-3,5-6,8-9,11-12,16,23H,4,7,10,13-15,17H2,(H,26,27)(H,30,31). The van der Waals surface area contributed by atoms with E-state index in [4.69, 9.17) is 9.84 Å². The van der Waals surface area contributed by atoms with Gasteiger partial charge in [-0.2, -0.15) is 5.10 Å². The number of carboxylic acid groups (broad SMARTS) is 1. The minimum atomic E-state index is -0.838. The van der Waals surface area contributed by atoms with E-state index in [0.717, 1.165) is 41.1 Å². The van der Waals surface area contributed by atoms with Crippen LogP contribution in [0.15, 0.2) is 60.7 Å². The van der Waals surface area contributed by atoms with Crippen LogP contribution in [0.3, 0.4) is 0 Å². The lowest BCUT2D eigenvalue weighted by Gasteiger charge is -2.23. The van der Waals surface area contributed by atoms with E-state index in [-0.39, 0.29) is 18.4 Å². The molecule has 4 rings (SSSR count). The largest absolute Gasteiger partial charge is 0.489 e. The fraction of sp³-hybridized carbons (Fsp3) is 0.320. The van der Waals surface area contributed by atoms with E-state index < -0.39 is 5.97 Å². The van der Waals surface area contributed by atoms with Gasteiger partial charge in [0.1, 0.15) is 12.4 Å². The van der Waals surface area contributed by atoms with Gasteiger partial charge in [0, 0.05) is 12.2 Å². The Morgan fingerprint density at radius 2 is 1.88 bits per heavy atom. The number of amides is 1. The molecule has 1 saturated heterocycles. The Labute approximate surface area is 187 Å². The first-order valence-electron chi connectivity index (χ1n) is 10.9. The number of benzene rings is 2. The van der Waals surface area contributed by atoms with Gasteiger partial charge < -0.3 is 14.7 Å². The molecule has 1 fully saturated rings. The van der Waals surface area contributed by atoms with Crippen LogP contribution in [0.1, 0.15) is 47.8 Å². The molecule has 7 heteroatoms. The Bertz CT molecular complexity index is 1050. The molecule has 7 nitrogen and oxygen atoms in total. The second kappa shape index (κ2) is 10.1. The van der Waals surface area contributed by atoms with Crippen LogP contribution >= 0.6 is 0 Å². The summed E-state index contributed by atoms with van der Waals surface area (Å²) in [5, 5.41) is 16.1. The van der Waals surface area contributed by atoms with Gasteiger partial charge in [-0.25, -0.2) is 0 Å². The van der Waals surface area contributed by atoms with Gasteiger partial charge >= 0.3 is 5.97 Å². The molecule has 0 bridgehead atoms. The van der Waals surface area contributed by atoms with Crippen LogP contribution in [-0.4, -0.2) is 38.6 Å².